The Morgan fingerprint density at radius 1 is 0.857 bits per heavy atom. The standard InChI is InChI=1S/C20H21N/c1-19(2)12-20(3,4)17-15-10-9-13-7-5-6-8-14(13)18(15)21-11-16(17)19/h5-11H,12H2,1-4H3. The van der Waals surface area contributed by atoms with Crippen molar-refractivity contribution in [3.8, 4) is 0 Å². The smallest absolute Gasteiger partial charge is 0.0783 e. The second-order valence-electron chi connectivity index (χ2n) is 7.67. The van der Waals surface area contributed by atoms with Crippen molar-refractivity contribution in [1.82, 2.24) is 4.98 Å². The fourth-order valence-electron chi connectivity index (χ4n) is 4.47. The highest BCUT2D eigenvalue weighted by atomic mass is 14.7. The number of rotatable bonds is 0. The molecule has 0 unspecified atom stereocenters. The van der Waals surface area contributed by atoms with Gasteiger partial charge in [0.05, 0.1) is 5.52 Å². The fraction of sp³-hybridized carbons (Fsp3) is 0.350. The summed E-state index contributed by atoms with van der Waals surface area (Å²) in [5.41, 5.74) is 4.50. The molecule has 0 amide bonds. The van der Waals surface area contributed by atoms with Crippen LogP contribution in [-0.2, 0) is 10.8 Å². The molecule has 1 aliphatic carbocycles. The molecule has 2 aromatic carbocycles. The quantitative estimate of drug-likeness (QED) is 0.504. The lowest BCUT2D eigenvalue weighted by atomic mass is 9.81. The van der Waals surface area contributed by atoms with Crippen LogP contribution in [0.25, 0.3) is 21.7 Å². The van der Waals surface area contributed by atoms with Crippen LogP contribution in [0, 0.1) is 0 Å². The average molecular weight is 275 g/mol. The number of aromatic nitrogens is 1. The second-order valence-corrected chi connectivity index (χ2v) is 7.67. The van der Waals surface area contributed by atoms with Gasteiger partial charge in [0.25, 0.3) is 0 Å². The lowest BCUT2D eigenvalue weighted by molar-refractivity contribution is 0.404. The monoisotopic (exact) mass is 275 g/mol. The molecule has 1 aliphatic rings. The summed E-state index contributed by atoms with van der Waals surface area (Å²) in [6.45, 7) is 9.43. The Kier molecular flexibility index (Phi) is 2.35. The predicted molar refractivity (Wildman–Crippen MR) is 89.9 cm³/mol. The van der Waals surface area contributed by atoms with Crippen LogP contribution in [0.1, 0.15) is 45.2 Å². The SMILES string of the molecule is CC1(C)CC(C)(C)c2c1cnc1c2ccc2ccccc21. The number of pyridine rings is 1. The van der Waals surface area contributed by atoms with Gasteiger partial charge in [-0.25, -0.2) is 0 Å². The Morgan fingerprint density at radius 2 is 1.62 bits per heavy atom. The molecule has 21 heavy (non-hydrogen) atoms. The Morgan fingerprint density at radius 3 is 2.43 bits per heavy atom. The zero-order chi connectivity index (χ0) is 14.8. The summed E-state index contributed by atoms with van der Waals surface area (Å²) in [6, 6.07) is 13.1. The van der Waals surface area contributed by atoms with E-state index in [2.05, 4.69) is 70.3 Å². The Hall–Kier alpha value is -1.89. The zero-order valence-electron chi connectivity index (χ0n) is 13.2. The molecule has 3 aromatic rings. The molecule has 1 heterocycles. The van der Waals surface area contributed by atoms with E-state index in [1.807, 2.05) is 0 Å². The van der Waals surface area contributed by atoms with Gasteiger partial charge in [-0.05, 0) is 33.8 Å². The highest BCUT2D eigenvalue weighted by Crippen LogP contribution is 2.51. The van der Waals surface area contributed by atoms with Crippen LogP contribution in [0.5, 0.6) is 0 Å². The summed E-state index contributed by atoms with van der Waals surface area (Å²) in [5.74, 6) is 0. The van der Waals surface area contributed by atoms with Gasteiger partial charge in [0.1, 0.15) is 0 Å². The fourth-order valence-corrected chi connectivity index (χ4v) is 4.47. The molecule has 0 spiro atoms. The first-order valence-electron chi connectivity index (χ1n) is 7.72. The lowest BCUT2D eigenvalue weighted by Gasteiger charge is -2.22. The molecule has 0 bridgehead atoms. The molecule has 0 N–H and O–H groups in total. The normalized spacial score (nSPS) is 19.0. The molecular formula is C20H21N. The first-order valence-corrected chi connectivity index (χ1v) is 7.72. The molecule has 0 radical (unpaired) electrons. The van der Waals surface area contributed by atoms with Gasteiger partial charge in [0.15, 0.2) is 0 Å². The number of nitrogens with zero attached hydrogens (tertiary/aromatic N) is 1. The maximum absolute atomic E-state index is 4.84. The predicted octanol–water partition coefficient (Wildman–Crippen LogP) is 5.35. The van der Waals surface area contributed by atoms with Gasteiger partial charge in [-0.3, -0.25) is 4.98 Å². The van der Waals surface area contributed by atoms with Gasteiger partial charge in [-0.15, -0.1) is 0 Å². The van der Waals surface area contributed by atoms with Crippen molar-refractivity contribution in [1.29, 1.82) is 0 Å². The molecule has 0 aliphatic heterocycles. The summed E-state index contributed by atoms with van der Waals surface area (Å²) in [6.07, 6.45) is 3.31. The minimum absolute atomic E-state index is 0.211. The second kappa shape index (κ2) is 3.85. The van der Waals surface area contributed by atoms with Crippen LogP contribution in [0.4, 0.5) is 0 Å². The average Bonchev–Trinajstić information content (AvgIpc) is 2.63. The van der Waals surface area contributed by atoms with Crippen LogP contribution in [-0.4, -0.2) is 4.98 Å². The molecule has 106 valence electrons. The van der Waals surface area contributed by atoms with Gasteiger partial charge >= 0.3 is 0 Å². The van der Waals surface area contributed by atoms with E-state index in [1.165, 1.54) is 33.7 Å². The molecule has 1 aromatic heterocycles. The third kappa shape index (κ3) is 1.67. The number of hydrogen-bond donors (Lipinski definition) is 0. The minimum atomic E-state index is 0.211. The van der Waals surface area contributed by atoms with Gasteiger partial charge in [-0.2, -0.15) is 0 Å². The van der Waals surface area contributed by atoms with Crippen molar-refractivity contribution in [3.05, 3.63) is 53.7 Å². The molecular weight excluding hydrogens is 254 g/mol. The molecule has 1 heteroatoms. The van der Waals surface area contributed by atoms with Gasteiger partial charge in [-0.1, -0.05) is 64.1 Å². The zero-order valence-corrected chi connectivity index (χ0v) is 13.2. The van der Waals surface area contributed by atoms with Crippen molar-refractivity contribution < 1.29 is 0 Å². The van der Waals surface area contributed by atoms with Crippen LogP contribution < -0.4 is 0 Å². The maximum atomic E-state index is 4.84. The van der Waals surface area contributed by atoms with E-state index < -0.39 is 0 Å². The van der Waals surface area contributed by atoms with Crippen molar-refractivity contribution in [2.45, 2.75) is 44.9 Å². The van der Waals surface area contributed by atoms with Gasteiger partial charge in [0.2, 0.25) is 0 Å². The van der Waals surface area contributed by atoms with Crippen molar-refractivity contribution in [2.75, 3.05) is 0 Å². The first-order chi connectivity index (χ1) is 9.90. The van der Waals surface area contributed by atoms with Crippen LogP contribution in [0.3, 0.4) is 0 Å². The highest BCUT2D eigenvalue weighted by molar-refractivity contribution is 6.06. The summed E-state index contributed by atoms with van der Waals surface area (Å²) >= 11 is 0. The molecule has 1 nitrogen and oxygen atoms in total. The Labute approximate surface area is 126 Å². The number of fused-ring (bicyclic) bond motifs is 5. The van der Waals surface area contributed by atoms with E-state index >= 15 is 0 Å². The van der Waals surface area contributed by atoms with E-state index in [-0.39, 0.29) is 10.8 Å². The minimum Gasteiger partial charge on any atom is -0.255 e. The highest BCUT2D eigenvalue weighted by Gasteiger charge is 2.43. The first kappa shape index (κ1) is 12.8. The molecule has 0 atom stereocenters. The van der Waals surface area contributed by atoms with Crippen LogP contribution >= 0.6 is 0 Å². The molecule has 0 saturated carbocycles. The van der Waals surface area contributed by atoms with Crippen LogP contribution in [0.15, 0.2) is 42.6 Å². The van der Waals surface area contributed by atoms with E-state index in [0.717, 1.165) is 5.52 Å². The summed E-state index contributed by atoms with van der Waals surface area (Å²) < 4.78 is 0. The Balaban J connectivity index is 2.19. The van der Waals surface area contributed by atoms with Crippen molar-refractivity contribution in [2.24, 2.45) is 0 Å². The summed E-state index contributed by atoms with van der Waals surface area (Å²) in [7, 11) is 0. The van der Waals surface area contributed by atoms with Gasteiger partial charge < -0.3 is 0 Å². The largest absolute Gasteiger partial charge is 0.255 e. The van der Waals surface area contributed by atoms with E-state index in [1.54, 1.807) is 0 Å². The van der Waals surface area contributed by atoms with Crippen molar-refractivity contribution in [3.63, 3.8) is 0 Å². The van der Waals surface area contributed by atoms with Gasteiger partial charge in [0, 0.05) is 17.0 Å². The third-order valence-corrected chi connectivity index (χ3v) is 5.05. The van der Waals surface area contributed by atoms with E-state index in [9.17, 15) is 0 Å². The third-order valence-electron chi connectivity index (χ3n) is 5.05. The van der Waals surface area contributed by atoms with Crippen LogP contribution in [0.2, 0.25) is 0 Å². The maximum Gasteiger partial charge on any atom is 0.0783 e. The number of hydrogen-bond acceptors (Lipinski definition) is 1. The summed E-state index contributed by atoms with van der Waals surface area (Å²) in [4.78, 5) is 4.84. The molecule has 0 saturated heterocycles. The molecule has 4 rings (SSSR count). The topological polar surface area (TPSA) is 12.9 Å². The van der Waals surface area contributed by atoms with E-state index in [0.29, 0.717) is 0 Å². The lowest BCUT2D eigenvalue weighted by Crippen LogP contribution is -2.18. The Bertz CT molecular complexity index is 872. The molecule has 0 fully saturated rings. The summed E-state index contributed by atoms with van der Waals surface area (Å²) in [5, 5.41) is 3.87. The van der Waals surface area contributed by atoms with E-state index in [4.69, 9.17) is 4.98 Å². The number of benzene rings is 2. The van der Waals surface area contributed by atoms with Crippen molar-refractivity contribution >= 4 is 21.7 Å².